The molecule has 1 aromatic carbocycles. The Balaban J connectivity index is 2.35. The largest absolute Gasteiger partial charge is 0.435 e. The molecule has 1 aromatic heterocycles. The molecule has 0 spiro atoms. The van der Waals surface area contributed by atoms with Gasteiger partial charge < -0.3 is 5.73 Å². The van der Waals surface area contributed by atoms with E-state index in [1.54, 1.807) is 24.3 Å². The SMILES string of the molecule is Nc1ccc(-c2cc(C(F)(F)F)n[nH]2)cc1. The molecule has 0 radical (unpaired) electrons. The van der Waals surface area contributed by atoms with Crippen LogP contribution in [-0.2, 0) is 6.18 Å². The normalized spacial score (nSPS) is 11.7. The number of rotatable bonds is 1. The summed E-state index contributed by atoms with van der Waals surface area (Å²) < 4.78 is 36.8. The van der Waals surface area contributed by atoms with Crippen molar-refractivity contribution in [3.05, 3.63) is 36.0 Å². The van der Waals surface area contributed by atoms with E-state index in [-0.39, 0.29) is 0 Å². The highest BCUT2D eigenvalue weighted by Gasteiger charge is 2.33. The van der Waals surface area contributed by atoms with Crippen LogP contribution in [-0.4, -0.2) is 10.2 Å². The smallest absolute Gasteiger partial charge is 0.399 e. The van der Waals surface area contributed by atoms with Gasteiger partial charge in [-0.25, -0.2) is 0 Å². The number of H-pyrrole nitrogens is 1. The molecule has 0 bridgehead atoms. The van der Waals surface area contributed by atoms with Crippen LogP contribution in [0.1, 0.15) is 5.69 Å². The molecule has 84 valence electrons. The molecule has 0 aliphatic heterocycles. The van der Waals surface area contributed by atoms with E-state index in [4.69, 9.17) is 5.73 Å². The van der Waals surface area contributed by atoms with Gasteiger partial charge in [0.2, 0.25) is 0 Å². The Morgan fingerprint density at radius 1 is 1.12 bits per heavy atom. The quantitative estimate of drug-likeness (QED) is 0.736. The zero-order chi connectivity index (χ0) is 11.8. The number of benzene rings is 1. The summed E-state index contributed by atoms with van der Waals surface area (Å²) in [5.41, 5.74) is 6.02. The number of nitrogen functional groups attached to an aromatic ring is 1. The minimum atomic E-state index is -4.43. The molecule has 0 fully saturated rings. The van der Waals surface area contributed by atoms with Crippen LogP contribution in [0, 0.1) is 0 Å². The maximum Gasteiger partial charge on any atom is 0.435 e. The molecule has 0 saturated carbocycles. The van der Waals surface area contributed by atoms with Gasteiger partial charge in [-0.2, -0.15) is 18.3 Å². The number of hydrogen-bond acceptors (Lipinski definition) is 2. The van der Waals surface area contributed by atoms with Crippen molar-refractivity contribution in [3.8, 4) is 11.3 Å². The van der Waals surface area contributed by atoms with Crippen molar-refractivity contribution in [2.75, 3.05) is 5.73 Å². The van der Waals surface area contributed by atoms with Gasteiger partial charge in [0, 0.05) is 5.69 Å². The second-order valence-corrected chi connectivity index (χ2v) is 3.29. The zero-order valence-electron chi connectivity index (χ0n) is 8.05. The number of alkyl halides is 3. The summed E-state index contributed by atoms with van der Waals surface area (Å²) >= 11 is 0. The molecular formula is C10H8F3N3. The lowest BCUT2D eigenvalue weighted by atomic mass is 10.1. The molecule has 2 rings (SSSR count). The average molecular weight is 227 g/mol. The van der Waals surface area contributed by atoms with Crippen LogP contribution in [0.4, 0.5) is 18.9 Å². The maximum atomic E-state index is 12.3. The molecule has 16 heavy (non-hydrogen) atoms. The topological polar surface area (TPSA) is 54.7 Å². The van der Waals surface area contributed by atoms with Crippen LogP contribution in [0.5, 0.6) is 0 Å². The van der Waals surface area contributed by atoms with Crippen molar-refractivity contribution < 1.29 is 13.2 Å². The number of aromatic nitrogens is 2. The Kier molecular flexibility index (Phi) is 2.34. The maximum absolute atomic E-state index is 12.3. The number of anilines is 1. The van der Waals surface area contributed by atoms with Gasteiger partial charge in [0.25, 0.3) is 0 Å². The highest BCUT2D eigenvalue weighted by Crippen LogP contribution is 2.30. The summed E-state index contributed by atoms with van der Waals surface area (Å²) in [6.45, 7) is 0. The Hall–Kier alpha value is -1.98. The Morgan fingerprint density at radius 3 is 2.25 bits per heavy atom. The molecule has 0 saturated heterocycles. The van der Waals surface area contributed by atoms with E-state index in [1.165, 1.54) is 0 Å². The van der Waals surface area contributed by atoms with Crippen LogP contribution in [0.3, 0.4) is 0 Å². The van der Waals surface area contributed by atoms with E-state index < -0.39 is 11.9 Å². The van der Waals surface area contributed by atoms with Gasteiger partial charge in [0.05, 0.1) is 5.69 Å². The monoisotopic (exact) mass is 227 g/mol. The lowest BCUT2D eigenvalue weighted by Gasteiger charge is -1.99. The molecule has 0 aliphatic rings. The van der Waals surface area contributed by atoms with E-state index in [0.29, 0.717) is 16.9 Å². The number of nitrogens with one attached hydrogen (secondary N) is 1. The molecule has 6 heteroatoms. The lowest BCUT2D eigenvalue weighted by Crippen LogP contribution is -2.04. The highest BCUT2D eigenvalue weighted by molar-refractivity contribution is 5.62. The third kappa shape index (κ3) is 2.00. The number of nitrogens with zero attached hydrogens (tertiary/aromatic N) is 1. The first kappa shape index (κ1) is 10.5. The summed E-state index contributed by atoms with van der Waals surface area (Å²) in [7, 11) is 0. The van der Waals surface area contributed by atoms with E-state index >= 15 is 0 Å². The van der Waals surface area contributed by atoms with Gasteiger partial charge in [-0.05, 0) is 23.8 Å². The molecule has 0 aliphatic carbocycles. The first-order valence-corrected chi connectivity index (χ1v) is 4.45. The van der Waals surface area contributed by atoms with Gasteiger partial charge >= 0.3 is 6.18 Å². The fourth-order valence-electron chi connectivity index (χ4n) is 1.28. The lowest BCUT2D eigenvalue weighted by molar-refractivity contribution is -0.141. The summed E-state index contributed by atoms with van der Waals surface area (Å²) in [6.07, 6.45) is -4.43. The molecule has 3 nitrogen and oxygen atoms in total. The standard InChI is InChI=1S/C10H8F3N3/c11-10(12,13)9-5-8(15-16-9)6-1-3-7(14)4-2-6/h1-5H,14H2,(H,15,16). The van der Waals surface area contributed by atoms with Crippen molar-refractivity contribution in [1.29, 1.82) is 0 Å². The summed E-state index contributed by atoms with van der Waals surface area (Å²) in [5.74, 6) is 0. The van der Waals surface area contributed by atoms with Crippen molar-refractivity contribution in [3.63, 3.8) is 0 Å². The third-order valence-electron chi connectivity index (χ3n) is 2.09. The molecular weight excluding hydrogens is 219 g/mol. The van der Waals surface area contributed by atoms with Gasteiger partial charge in [0.15, 0.2) is 5.69 Å². The summed E-state index contributed by atoms with van der Waals surface area (Å²) in [5, 5.41) is 5.54. The number of halogens is 3. The predicted octanol–water partition coefficient (Wildman–Crippen LogP) is 2.68. The second-order valence-electron chi connectivity index (χ2n) is 3.29. The Morgan fingerprint density at radius 2 is 1.75 bits per heavy atom. The molecule has 3 N–H and O–H groups in total. The number of nitrogens with two attached hydrogens (primary N) is 1. The van der Waals surface area contributed by atoms with E-state index in [1.807, 2.05) is 0 Å². The molecule has 2 aromatic rings. The Bertz CT molecular complexity index is 485. The Labute approximate surface area is 89.1 Å². The van der Waals surface area contributed by atoms with Crippen molar-refractivity contribution >= 4 is 5.69 Å². The zero-order valence-corrected chi connectivity index (χ0v) is 8.05. The average Bonchev–Trinajstić information content (AvgIpc) is 2.67. The number of hydrogen-bond donors (Lipinski definition) is 2. The van der Waals surface area contributed by atoms with Crippen molar-refractivity contribution in [1.82, 2.24) is 10.2 Å². The fourth-order valence-corrected chi connectivity index (χ4v) is 1.28. The highest BCUT2D eigenvalue weighted by atomic mass is 19.4. The number of aromatic amines is 1. The summed E-state index contributed by atoms with van der Waals surface area (Å²) in [4.78, 5) is 0. The van der Waals surface area contributed by atoms with Crippen LogP contribution in [0.25, 0.3) is 11.3 Å². The molecule has 0 unspecified atom stereocenters. The fraction of sp³-hybridized carbons (Fsp3) is 0.100. The van der Waals surface area contributed by atoms with Crippen LogP contribution in [0.2, 0.25) is 0 Å². The van der Waals surface area contributed by atoms with E-state index in [9.17, 15) is 13.2 Å². The van der Waals surface area contributed by atoms with Crippen molar-refractivity contribution in [2.24, 2.45) is 0 Å². The molecule has 0 atom stereocenters. The molecule has 1 heterocycles. The van der Waals surface area contributed by atoms with E-state index in [2.05, 4.69) is 10.2 Å². The third-order valence-corrected chi connectivity index (χ3v) is 2.09. The first-order chi connectivity index (χ1) is 7.47. The van der Waals surface area contributed by atoms with Crippen LogP contribution >= 0.6 is 0 Å². The van der Waals surface area contributed by atoms with Gasteiger partial charge in [-0.1, -0.05) is 12.1 Å². The van der Waals surface area contributed by atoms with Crippen molar-refractivity contribution in [2.45, 2.75) is 6.18 Å². The van der Waals surface area contributed by atoms with Gasteiger partial charge in [0.1, 0.15) is 0 Å². The van der Waals surface area contributed by atoms with Gasteiger partial charge in [-0.3, -0.25) is 5.10 Å². The second kappa shape index (κ2) is 3.55. The predicted molar refractivity (Wildman–Crippen MR) is 53.4 cm³/mol. The minimum absolute atomic E-state index is 0.312. The summed E-state index contributed by atoms with van der Waals surface area (Å²) in [6, 6.07) is 7.45. The van der Waals surface area contributed by atoms with Crippen LogP contribution < -0.4 is 5.73 Å². The van der Waals surface area contributed by atoms with E-state index in [0.717, 1.165) is 6.07 Å². The molecule has 0 amide bonds. The van der Waals surface area contributed by atoms with Crippen LogP contribution in [0.15, 0.2) is 30.3 Å². The van der Waals surface area contributed by atoms with Gasteiger partial charge in [-0.15, -0.1) is 0 Å². The minimum Gasteiger partial charge on any atom is -0.399 e. The first-order valence-electron chi connectivity index (χ1n) is 4.45.